The standard InChI is InChI=1S/C10H19NO3S.ClH/c1-9(2)7-14-10(3,11-9)8-4-5-15(12,13)6-8;/h8,11H,4-7H2,1-3H3;1H. The number of hydrogen-bond donors (Lipinski definition) is 1. The molecular weight excluding hydrogens is 250 g/mol. The molecule has 2 heterocycles. The predicted molar refractivity (Wildman–Crippen MR) is 65.6 cm³/mol. The van der Waals surface area contributed by atoms with Crippen LogP contribution in [0, 0.1) is 5.92 Å². The summed E-state index contributed by atoms with van der Waals surface area (Å²) in [5, 5.41) is 3.40. The molecule has 0 aromatic heterocycles. The third kappa shape index (κ3) is 2.70. The molecule has 6 heteroatoms. The number of ether oxygens (including phenoxy) is 1. The predicted octanol–water partition coefficient (Wildman–Crippen LogP) is 0.958. The molecule has 2 saturated heterocycles. The van der Waals surface area contributed by atoms with Crippen LogP contribution in [0.25, 0.3) is 0 Å². The Labute approximate surface area is 103 Å². The Balaban J connectivity index is 0.00000128. The Bertz CT molecular complexity index is 368. The van der Waals surface area contributed by atoms with Crippen LogP contribution in [0.5, 0.6) is 0 Å². The van der Waals surface area contributed by atoms with E-state index in [4.69, 9.17) is 4.74 Å². The summed E-state index contributed by atoms with van der Waals surface area (Å²) in [4.78, 5) is 0. The minimum absolute atomic E-state index is 0. The maximum absolute atomic E-state index is 11.4. The van der Waals surface area contributed by atoms with Gasteiger partial charge in [-0.3, -0.25) is 5.32 Å². The van der Waals surface area contributed by atoms with Crippen LogP contribution in [0.4, 0.5) is 0 Å². The van der Waals surface area contributed by atoms with Crippen LogP contribution in [0.3, 0.4) is 0 Å². The van der Waals surface area contributed by atoms with Crippen molar-refractivity contribution in [2.45, 2.75) is 38.5 Å². The number of halogens is 1. The summed E-state index contributed by atoms with van der Waals surface area (Å²) in [5.41, 5.74) is -0.520. The summed E-state index contributed by atoms with van der Waals surface area (Å²) in [5.74, 6) is 0.648. The van der Waals surface area contributed by atoms with Gasteiger partial charge in [0.25, 0.3) is 0 Å². The fourth-order valence-electron chi connectivity index (χ4n) is 2.52. The van der Waals surface area contributed by atoms with Crippen LogP contribution in [-0.4, -0.2) is 37.8 Å². The molecule has 0 amide bonds. The molecule has 16 heavy (non-hydrogen) atoms. The molecule has 2 aliphatic rings. The highest BCUT2D eigenvalue weighted by Gasteiger charge is 2.49. The van der Waals surface area contributed by atoms with Gasteiger partial charge in [0.2, 0.25) is 0 Å². The van der Waals surface area contributed by atoms with Gasteiger partial charge in [-0.15, -0.1) is 12.4 Å². The summed E-state index contributed by atoms with van der Waals surface area (Å²) in [7, 11) is -2.83. The Hall–Kier alpha value is 0.160. The number of nitrogens with one attached hydrogen (secondary N) is 1. The monoisotopic (exact) mass is 269 g/mol. The van der Waals surface area contributed by atoms with Crippen LogP contribution in [0.1, 0.15) is 27.2 Å². The van der Waals surface area contributed by atoms with Crippen molar-refractivity contribution in [2.24, 2.45) is 5.92 Å². The summed E-state index contributed by atoms with van der Waals surface area (Å²) in [6.45, 7) is 6.75. The van der Waals surface area contributed by atoms with Crippen molar-refractivity contribution in [3.05, 3.63) is 0 Å². The summed E-state index contributed by atoms with van der Waals surface area (Å²) in [6.07, 6.45) is 0.710. The van der Waals surface area contributed by atoms with Crippen molar-refractivity contribution < 1.29 is 13.2 Å². The molecule has 0 aromatic carbocycles. The quantitative estimate of drug-likeness (QED) is 0.770. The van der Waals surface area contributed by atoms with Gasteiger partial charge in [0.1, 0.15) is 5.72 Å². The van der Waals surface area contributed by atoms with Crippen molar-refractivity contribution in [3.8, 4) is 0 Å². The lowest BCUT2D eigenvalue weighted by Crippen LogP contribution is -2.51. The molecule has 1 N–H and O–H groups in total. The first-order chi connectivity index (χ1) is 6.73. The minimum atomic E-state index is -2.83. The number of hydrogen-bond acceptors (Lipinski definition) is 4. The molecule has 2 rings (SSSR count). The van der Waals surface area contributed by atoms with Gasteiger partial charge in [-0.2, -0.15) is 0 Å². The lowest BCUT2D eigenvalue weighted by Gasteiger charge is -2.31. The molecule has 4 nitrogen and oxygen atoms in total. The third-order valence-electron chi connectivity index (χ3n) is 3.33. The van der Waals surface area contributed by atoms with E-state index in [9.17, 15) is 8.42 Å². The molecular formula is C10H20ClNO3S. The van der Waals surface area contributed by atoms with Gasteiger partial charge >= 0.3 is 0 Å². The molecule has 0 saturated carbocycles. The van der Waals surface area contributed by atoms with Crippen molar-refractivity contribution in [2.75, 3.05) is 18.1 Å². The van der Waals surface area contributed by atoms with Crippen molar-refractivity contribution in [1.29, 1.82) is 0 Å². The maximum atomic E-state index is 11.4. The second-order valence-electron chi connectivity index (χ2n) is 5.50. The Morgan fingerprint density at radius 1 is 1.31 bits per heavy atom. The highest BCUT2D eigenvalue weighted by atomic mass is 35.5. The second kappa shape index (κ2) is 4.12. The first-order valence-electron chi connectivity index (χ1n) is 5.36. The summed E-state index contributed by atoms with van der Waals surface area (Å²) < 4.78 is 28.6. The van der Waals surface area contributed by atoms with Gasteiger partial charge in [0.15, 0.2) is 9.84 Å². The number of rotatable bonds is 1. The molecule has 0 aromatic rings. The average Bonchev–Trinajstić information content (AvgIpc) is 2.54. The van der Waals surface area contributed by atoms with Crippen LogP contribution >= 0.6 is 12.4 Å². The molecule has 2 aliphatic heterocycles. The zero-order valence-electron chi connectivity index (χ0n) is 9.95. The normalized spacial score (nSPS) is 40.6. The second-order valence-corrected chi connectivity index (χ2v) is 7.73. The van der Waals surface area contributed by atoms with Crippen molar-refractivity contribution in [3.63, 3.8) is 0 Å². The van der Waals surface area contributed by atoms with Crippen molar-refractivity contribution >= 4 is 22.2 Å². The Morgan fingerprint density at radius 3 is 2.31 bits per heavy atom. The van der Waals surface area contributed by atoms with Crippen LogP contribution in [0.15, 0.2) is 0 Å². The van der Waals surface area contributed by atoms with E-state index in [2.05, 4.69) is 19.2 Å². The van der Waals surface area contributed by atoms with Gasteiger partial charge in [0.05, 0.1) is 18.1 Å². The van der Waals surface area contributed by atoms with E-state index < -0.39 is 15.6 Å². The zero-order chi connectivity index (χ0) is 11.3. The fraction of sp³-hybridized carbons (Fsp3) is 1.00. The largest absolute Gasteiger partial charge is 0.359 e. The van der Waals surface area contributed by atoms with Crippen LogP contribution in [-0.2, 0) is 14.6 Å². The van der Waals surface area contributed by atoms with E-state index in [0.29, 0.717) is 18.8 Å². The van der Waals surface area contributed by atoms with E-state index in [1.54, 1.807) is 0 Å². The lowest BCUT2D eigenvalue weighted by atomic mass is 9.95. The first kappa shape index (κ1) is 14.2. The highest BCUT2D eigenvalue weighted by molar-refractivity contribution is 7.91. The van der Waals surface area contributed by atoms with E-state index in [1.165, 1.54) is 0 Å². The van der Waals surface area contributed by atoms with E-state index in [1.807, 2.05) is 6.92 Å². The number of sulfone groups is 1. The molecule has 0 spiro atoms. The smallest absolute Gasteiger partial charge is 0.150 e. The minimum Gasteiger partial charge on any atom is -0.359 e. The Morgan fingerprint density at radius 2 is 1.94 bits per heavy atom. The molecule has 2 unspecified atom stereocenters. The van der Waals surface area contributed by atoms with Gasteiger partial charge in [-0.05, 0) is 27.2 Å². The fourth-order valence-corrected chi connectivity index (χ4v) is 4.43. The molecule has 2 fully saturated rings. The molecule has 0 bridgehead atoms. The molecule has 0 radical (unpaired) electrons. The maximum Gasteiger partial charge on any atom is 0.150 e. The first-order valence-corrected chi connectivity index (χ1v) is 7.18. The lowest BCUT2D eigenvalue weighted by molar-refractivity contribution is -0.0347. The summed E-state index contributed by atoms with van der Waals surface area (Å²) >= 11 is 0. The SMILES string of the molecule is CC1(C)COC(C)(C2CCS(=O)(=O)C2)N1.Cl. The highest BCUT2D eigenvalue weighted by Crippen LogP contribution is 2.35. The van der Waals surface area contributed by atoms with E-state index >= 15 is 0 Å². The molecule has 2 atom stereocenters. The average molecular weight is 270 g/mol. The van der Waals surface area contributed by atoms with Gasteiger partial charge in [0, 0.05) is 11.5 Å². The topological polar surface area (TPSA) is 55.4 Å². The zero-order valence-corrected chi connectivity index (χ0v) is 11.6. The van der Waals surface area contributed by atoms with Gasteiger partial charge < -0.3 is 4.74 Å². The van der Waals surface area contributed by atoms with E-state index in [-0.39, 0.29) is 29.6 Å². The van der Waals surface area contributed by atoms with Crippen LogP contribution in [0.2, 0.25) is 0 Å². The van der Waals surface area contributed by atoms with Gasteiger partial charge in [-0.25, -0.2) is 8.42 Å². The molecule has 0 aliphatic carbocycles. The van der Waals surface area contributed by atoms with E-state index in [0.717, 1.165) is 0 Å². The van der Waals surface area contributed by atoms with Crippen molar-refractivity contribution in [1.82, 2.24) is 5.32 Å². The summed E-state index contributed by atoms with van der Waals surface area (Å²) in [6, 6.07) is 0. The van der Waals surface area contributed by atoms with Crippen LogP contribution < -0.4 is 5.32 Å². The van der Waals surface area contributed by atoms with Gasteiger partial charge in [-0.1, -0.05) is 0 Å². The third-order valence-corrected chi connectivity index (χ3v) is 5.10. The Kier molecular flexibility index (Phi) is 3.66. The molecule has 96 valence electrons.